The number of hydrogen-bond donors (Lipinski definition) is 0. The van der Waals surface area contributed by atoms with E-state index in [1.54, 1.807) is 6.07 Å². The summed E-state index contributed by atoms with van der Waals surface area (Å²) in [5.41, 5.74) is -3.58. The molecular formula is C26H20BrClF3PS. The van der Waals surface area contributed by atoms with Crippen LogP contribution in [0.15, 0.2) is 114 Å². The Bertz CT molecular complexity index is 1140. The molecule has 0 aliphatic rings. The number of thioether (sulfide) groups is 1. The van der Waals surface area contributed by atoms with Crippen LogP contribution in [0.1, 0.15) is 5.56 Å². The van der Waals surface area contributed by atoms with Crippen LogP contribution in [0.3, 0.4) is 0 Å². The van der Waals surface area contributed by atoms with E-state index >= 15 is 0 Å². The Hall–Kier alpha value is -1.78. The van der Waals surface area contributed by atoms with E-state index in [0.717, 1.165) is 21.5 Å². The summed E-state index contributed by atoms with van der Waals surface area (Å²) in [5.74, 6) is 0. The van der Waals surface area contributed by atoms with Crippen molar-refractivity contribution in [2.75, 3.05) is 0 Å². The van der Waals surface area contributed by atoms with E-state index in [9.17, 15) is 13.2 Å². The molecule has 0 aromatic heterocycles. The number of halogens is 5. The first kappa shape index (κ1) is 24.3. The van der Waals surface area contributed by atoms with Gasteiger partial charge in [0.15, 0.2) is 0 Å². The maximum absolute atomic E-state index is 12.9. The fourth-order valence-electron chi connectivity index (χ4n) is 4.11. The van der Waals surface area contributed by atoms with Gasteiger partial charge in [-0.25, -0.2) is 0 Å². The van der Waals surface area contributed by atoms with E-state index in [0.29, 0.717) is 11.2 Å². The summed E-state index contributed by atoms with van der Waals surface area (Å²) in [5, 5.41) is 0.388. The summed E-state index contributed by atoms with van der Waals surface area (Å²) in [4.78, 5) is 0.0743. The van der Waals surface area contributed by atoms with Crippen molar-refractivity contribution in [2.24, 2.45) is 0 Å². The second-order valence-corrected chi connectivity index (χ2v) is 18.1. The number of benzene rings is 4. The number of alkyl halides is 3. The average Bonchev–Trinajstić information content (AvgIpc) is 2.82. The summed E-state index contributed by atoms with van der Waals surface area (Å²) < 4.78 is 38.7. The summed E-state index contributed by atoms with van der Waals surface area (Å²) in [6, 6.07) is 35.2. The molecule has 0 saturated carbocycles. The normalized spacial score (nSPS) is 13.3. The topological polar surface area (TPSA) is 0 Å². The van der Waals surface area contributed by atoms with Crippen LogP contribution in [-0.4, -0.2) is 5.51 Å². The minimum absolute atomic E-state index is 0.0743. The first-order chi connectivity index (χ1) is 15.7. The van der Waals surface area contributed by atoms with Gasteiger partial charge in [-0.2, -0.15) is 0 Å². The van der Waals surface area contributed by atoms with E-state index in [-0.39, 0.29) is 16.7 Å². The molecule has 4 aromatic carbocycles. The predicted molar refractivity (Wildman–Crippen MR) is 141 cm³/mol. The zero-order valence-electron chi connectivity index (χ0n) is 17.3. The third-order valence-electron chi connectivity index (χ3n) is 5.61. The molecule has 4 aromatic rings. The van der Waals surface area contributed by atoms with Gasteiger partial charge >= 0.3 is 210 Å². The Morgan fingerprint density at radius 3 is 1.48 bits per heavy atom. The van der Waals surface area contributed by atoms with Crippen molar-refractivity contribution in [1.29, 1.82) is 0 Å². The second kappa shape index (κ2) is 9.46. The molecule has 7 heteroatoms. The fraction of sp³-hybridized carbons (Fsp3) is 0.0769. The zero-order chi connectivity index (χ0) is 23.6. The van der Waals surface area contributed by atoms with Gasteiger partial charge in [-0.15, -0.1) is 0 Å². The molecule has 0 heterocycles. The molecule has 0 N–H and O–H groups in total. The summed E-state index contributed by atoms with van der Waals surface area (Å²) in [6.45, 7) is 0. The minimum atomic E-state index is -4.36. The standard InChI is InChI=1S/C26H20BrClF3PS/c27-32(21-10-4-1-5-11-21,22-12-6-2-7-13-22,23-14-8-3-9-15-23)19-20-16-17-24(18-25(20)28)33-26(29,30)31/h1-18H,19H2. The van der Waals surface area contributed by atoms with Crippen LogP contribution in [0.5, 0.6) is 0 Å². The third kappa shape index (κ3) is 4.88. The molecule has 0 nitrogen and oxygen atoms in total. The van der Waals surface area contributed by atoms with Gasteiger partial charge in [0.05, 0.1) is 0 Å². The zero-order valence-corrected chi connectivity index (χ0v) is 21.4. The van der Waals surface area contributed by atoms with E-state index in [2.05, 4.69) is 51.9 Å². The van der Waals surface area contributed by atoms with Crippen molar-refractivity contribution in [1.82, 2.24) is 0 Å². The van der Waals surface area contributed by atoms with E-state index in [4.69, 9.17) is 11.6 Å². The van der Waals surface area contributed by atoms with Crippen LogP contribution in [0.25, 0.3) is 0 Å². The Morgan fingerprint density at radius 1 is 0.697 bits per heavy atom. The van der Waals surface area contributed by atoms with Crippen LogP contribution >= 0.6 is 44.2 Å². The molecule has 33 heavy (non-hydrogen) atoms. The molecule has 0 saturated heterocycles. The van der Waals surface area contributed by atoms with Crippen molar-refractivity contribution < 1.29 is 13.2 Å². The maximum atomic E-state index is 12.9. The number of hydrogen-bond acceptors (Lipinski definition) is 1. The Kier molecular flexibility index (Phi) is 6.98. The van der Waals surface area contributed by atoms with Crippen molar-refractivity contribution in [3.8, 4) is 0 Å². The molecule has 0 amide bonds. The van der Waals surface area contributed by atoms with Crippen LogP contribution < -0.4 is 15.9 Å². The Morgan fingerprint density at radius 2 is 1.12 bits per heavy atom. The van der Waals surface area contributed by atoms with Gasteiger partial charge in [0.25, 0.3) is 0 Å². The molecule has 0 radical (unpaired) electrons. The van der Waals surface area contributed by atoms with Gasteiger partial charge in [-0.05, 0) is 0 Å². The Balaban J connectivity index is 1.97. The average molecular weight is 568 g/mol. The monoisotopic (exact) mass is 566 g/mol. The van der Waals surface area contributed by atoms with Crippen LogP contribution in [0.2, 0.25) is 5.02 Å². The molecule has 0 bridgehead atoms. The summed E-state index contributed by atoms with van der Waals surface area (Å²) in [7, 11) is 0. The first-order valence-corrected chi connectivity index (χ1v) is 15.8. The summed E-state index contributed by atoms with van der Waals surface area (Å²) in [6.07, 6.45) is 0.513. The fourth-order valence-corrected chi connectivity index (χ4v) is 12.8. The van der Waals surface area contributed by atoms with Crippen molar-refractivity contribution >= 4 is 60.1 Å². The van der Waals surface area contributed by atoms with Crippen molar-refractivity contribution in [3.05, 3.63) is 120 Å². The predicted octanol–water partition coefficient (Wildman–Crippen LogP) is 8.29. The molecule has 0 spiro atoms. The van der Waals surface area contributed by atoms with Crippen molar-refractivity contribution in [2.45, 2.75) is 16.6 Å². The molecule has 170 valence electrons. The molecule has 0 fully saturated rings. The van der Waals surface area contributed by atoms with Crippen LogP contribution in [0.4, 0.5) is 13.2 Å². The van der Waals surface area contributed by atoms with E-state index in [1.807, 2.05) is 54.6 Å². The quantitative estimate of drug-likeness (QED) is 0.167. The van der Waals surface area contributed by atoms with Gasteiger partial charge in [0.2, 0.25) is 0 Å². The van der Waals surface area contributed by atoms with E-state index in [1.165, 1.54) is 12.1 Å². The van der Waals surface area contributed by atoms with Crippen molar-refractivity contribution in [3.63, 3.8) is 0 Å². The molecule has 4 rings (SSSR count). The molecule has 0 atom stereocenters. The Labute approximate surface area is 208 Å². The van der Waals surface area contributed by atoms with E-state index < -0.39 is 10.8 Å². The SMILES string of the molecule is FC(F)(F)Sc1ccc(CP(Br)(c2ccccc2)(c2ccccc2)c2ccccc2)c(Cl)c1. The first-order valence-electron chi connectivity index (χ1n) is 10.1. The molecule has 0 aliphatic carbocycles. The van der Waals surface area contributed by atoms with Crippen LogP contribution in [-0.2, 0) is 6.16 Å². The van der Waals surface area contributed by atoms with Crippen LogP contribution in [0, 0.1) is 0 Å². The van der Waals surface area contributed by atoms with Gasteiger partial charge < -0.3 is 0 Å². The summed E-state index contributed by atoms with van der Waals surface area (Å²) >= 11 is 10.8. The molecule has 0 aliphatic heterocycles. The van der Waals surface area contributed by atoms with Gasteiger partial charge in [0, 0.05) is 0 Å². The molecule has 0 unspecified atom stereocenters. The van der Waals surface area contributed by atoms with Gasteiger partial charge in [-0.1, -0.05) is 0 Å². The third-order valence-corrected chi connectivity index (χ3v) is 16.2. The molecular weight excluding hydrogens is 548 g/mol. The van der Waals surface area contributed by atoms with Gasteiger partial charge in [0.1, 0.15) is 0 Å². The number of rotatable bonds is 6. The van der Waals surface area contributed by atoms with Gasteiger partial charge in [-0.3, -0.25) is 0 Å². The second-order valence-electron chi connectivity index (χ2n) is 7.65.